The monoisotopic (exact) mass is 332 g/mol. The summed E-state index contributed by atoms with van der Waals surface area (Å²) in [7, 11) is 0. The Hall–Kier alpha value is -2.41. The molecule has 0 radical (unpaired) electrons. The first-order chi connectivity index (χ1) is 9.65. The van der Waals surface area contributed by atoms with Gasteiger partial charge in [-0.1, -0.05) is 0 Å². The Bertz CT molecular complexity index is 651. The van der Waals surface area contributed by atoms with Crippen LogP contribution in [-0.4, -0.2) is 19.5 Å². The molecule has 0 atom stereocenters. The predicted octanol–water partition coefficient (Wildman–Crippen LogP) is 2.28. The van der Waals surface area contributed by atoms with Crippen LogP contribution in [0.3, 0.4) is 0 Å². The standard InChI is InChI=1S/C8H8N4.C5H5BrN2/c9-7-3-8(5-11-4-7)12-2-1-10-6-12;6-4-1-5(7)3-8-2-4/h1-6H,9H2;1-3H,7H2. The molecule has 20 heavy (non-hydrogen) atoms. The van der Waals surface area contributed by atoms with Crippen LogP contribution in [0.4, 0.5) is 11.4 Å². The van der Waals surface area contributed by atoms with Crippen molar-refractivity contribution < 1.29 is 0 Å². The van der Waals surface area contributed by atoms with Gasteiger partial charge in [-0.25, -0.2) is 4.98 Å². The first-order valence-electron chi connectivity index (χ1n) is 5.70. The molecule has 0 aliphatic rings. The molecule has 3 aromatic heterocycles. The van der Waals surface area contributed by atoms with Crippen LogP contribution in [0, 0.1) is 0 Å². The molecule has 3 rings (SSSR count). The van der Waals surface area contributed by atoms with Gasteiger partial charge in [0.2, 0.25) is 0 Å². The normalized spacial score (nSPS) is 9.65. The molecule has 7 heteroatoms. The minimum absolute atomic E-state index is 0.654. The maximum absolute atomic E-state index is 5.57. The third-order valence-corrected chi connectivity index (χ3v) is 2.71. The lowest BCUT2D eigenvalue weighted by Crippen LogP contribution is -1.93. The quantitative estimate of drug-likeness (QED) is 0.712. The van der Waals surface area contributed by atoms with Crippen LogP contribution < -0.4 is 11.5 Å². The molecular formula is C13H13BrN6. The van der Waals surface area contributed by atoms with E-state index in [1.54, 1.807) is 43.4 Å². The second kappa shape index (κ2) is 6.67. The number of hydrogen-bond acceptors (Lipinski definition) is 5. The molecule has 4 N–H and O–H groups in total. The smallest absolute Gasteiger partial charge is 0.0992 e. The summed E-state index contributed by atoms with van der Waals surface area (Å²) in [5.74, 6) is 0. The minimum Gasteiger partial charge on any atom is -0.397 e. The first kappa shape index (κ1) is 14.0. The predicted molar refractivity (Wildman–Crippen MR) is 82.1 cm³/mol. The van der Waals surface area contributed by atoms with Gasteiger partial charge in [0.25, 0.3) is 0 Å². The molecule has 0 fully saturated rings. The molecule has 0 aromatic carbocycles. The van der Waals surface area contributed by atoms with Crippen molar-refractivity contribution in [1.29, 1.82) is 0 Å². The number of hydrogen-bond donors (Lipinski definition) is 2. The van der Waals surface area contributed by atoms with Crippen LogP contribution in [0.5, 0.6) is 0 Å². The zero-order chi connectivity index (χ0) is 14.4. The van der Waals surface area contributed by atoms with Crippen LogP contribution in [-0.2, 0) is 0 Å². The number of anilines is 2. The Kier molecular flexibility index (Phi) is 4.67. The average molecular weight is 333 g/mol. The zero-order valence-electron chi connectivity index (χ0n) is 10.5. The topological polar surface area (TPSA) is 95.6 Å². The summed E-state index contributed by atoms with van der Waals surface area (Å²) in [5, 5.41) is 0. The van der Waals surface area contributed by atoms with Gasteiger partial charge in [0.15, 0.2) is 0 Å². The van der Waals surface area contributed by atoms with Crippen molar-refractivity contribution in [2.75, 3.05) is 11.5 Å². The third-order valence-electron chi connectivity index (χ3n) is 2.27. The summed E-state index contributed by atoms with van der Waals surface area (Å²) in [4.78, 5) is 11.7. The number of nitrogens with two attached hydrogens (primary N) is 2. The van der Waals surface area contributed by atoms with Crippen molar-refractivity contribution in [3.05, 3.63) is 60.1 Å². The van der Waals surface area contributed by atoms with Crippen LogP contribution in [0.25, 0.3) is 5.69 Å². The Morgan fingerprint density at radius 2 is 1.60 bits per heavy atom. The lowest BCUT2D eigenvalue weighted by Gasteiger charge is -2.00. The van der Waals surface area contributed by atoms with Crippen LogP contribution in [0.2, 0.25) is 0 Å². The van der Waals surface area contributed by atoms with E-state index in [1.807, 2.05) is 16.8 Å². The van der Waals surface area contributed by atoms with E-state index < -0.39 is 0 Å². The highest BCUT2D eigenvalue weighted by Gasteiger charge is 1.94. The van der Waals surface area contributed by atoms with Crippen LogP contribution in [0.1, 0.15) is 0 Å². The van der Waals surface area contributed by atoms with E-state index in [1.165, 1.54) is 0 Å². The molecule has 0 aliphatic heterocycles. The largest absolute Gasteiger partial charge is 0.397 e. The molecule has 0 amide bonds. The maximum Gasteiger partial charge on any atom is 0.0992 e. The number of halogens is 1. The Morgan fingerprint density at radius 1 is 0.900 bits per heavy atom. The van der Waals surface area contributed by atoms with Gasteiger partial charge in [-0.2, -0.15) is 0 Å². The van der Waals surface area contributed by atoms with Crippen molar-refractivity contribution in [3.63, 3.8) is 0 Å². The molecule has 3 heterocycles. The molecular weight excluding hydrogens is 320 g/mol. The number of imidazole rings is 1. The summed E-state index contributed by atoms with van der Waals surface area (Å²) < 4.78 is 2.76. The molecule has 0 spiro atoms. The molecule has 0 saturated heterocycles. The van der Waals surface area contributed by atoms with E-state index in [9.17, 15) is 0 Å². The van der Waals surface area contributed by atoms with Gasteiger partial charge in [0.05, 0.1) is 29.6 Å². The maximum atomic E-state index is 5.57. The summed E-state index contributed by atoms with van der Waals surface area (Å²) in [6.07, 6.45) is 11.9. The van der Waals surface area contributed by atoms with Gasteiger partial charge >= 0.3 is 0 Å². The molecule has 3 aromatic rings. The number of nitrogen functional groups attached to an aromatic ring is 2. The Balaban J connectivity index is 0.000000160. The van der Waals surface area contributed by atoms with Gasteiger partial charge in [0.1, 0.15) is 0 Å². The molecule has 0 unspecified atom stereocenters. The summed E-state index contributed by atoms with van der Waals surface area (Å²) in [6.45, 7) is 0. The SMILES string of the molecule is Nc1cncc(-n2ccnc2)c1.Nc1cncc(Br)c1. The molecule has 102 valence electrons. The van der Waals surface area contributed by atoms with Gasteiger partial charge in [-0.05, 0) is 28.1 Å². The van der Waals surface area contributed by atoms with Gasteiger partial charge < -0.3 is 16.0 Å². The fourth-order valence-corrected chi connectivity index (χ4v) is 1.81. The summed E-state index contributed by atoms with van der Waals surface area (Å²) >= 11 is 3.22. The second-order valence-electron chi connectivity index (χ2n) is 3.88. The van der Waals surface area contributed by atoms with Crippen molar-refractivity contribution in [1.82, 2.24) is 19.5 Å². The van der Waals surface area contributed by atoms with Crippen LogP contribution in [0.15, 0.2) is 60.1 Å². The number of pyridine rings is 2. The third kappa shape index (κ3) is 4.06. The van der Waals surface area contributed by atoms with Crippen molar-refractivity contribution in [3.8, 4) is 5.69 Å². The highest BCUT2D eigenvalue weighted by molar-refractivity contribution is 9.10. The van der Waals surface area contributed by atoms with Crippen molar-refractivity contribution >= 4 is 27.3 Å². The van der Waals surface area contributed by atoms with Crippen molar-refractivity contribution in [2.24, 2.45) is 0 Å². The van der Waals surface area contributed by atoms with Gasteiger partial charge in [-0.3, -0.25) is 9.97 Å². The van der Waals surface area contributed by atoms with Gasteiger partial charge in [0, 0.05) is 35.5 Å². The zero-order valence-corrected chi connectivity index (χ0v) is 12.1. The van der Waals surface area contributed by atoms with Gasteiger partial charge in [-0.15, -0.1) is 0 Å². The highest BCUT2D eigenvalue weighted by Crippen LogP contribution is 2.09. The Labute approximate surface area is 124 Å². The lowest BCUT2D eigenvalue weighted by atomic mass is 10.4. The number of aromatic nitrogens is 4. The van der Waals surface area contributed by atoms with E-state index in [2.05, 4.69) is 30.9 Å². The van der Waals surface area contributed by atoms with E-state index in [-0.39, 0.29) is 0 Å². The highest BCUT2D eigenvalue weighted by atomic mass is 79.9. The summed E-state index contributed by atoms with van der Waals surface area (Å²) in [6, 6.07) is 3.64. The van der Waals surface area contributed by atoms with Crippen molar-refractivity contribution in [2.45, 2.75) is 0 Å². The number of nitrogens with zero attached hydrogens (tertiary/aromatic N) is 4. The summed E-state index contributed by atoms with van der Waals surface area (Å²) in [5.41, 5.74) is 13.2. The van der Waals surface area contributed by atoms with Crippen LogP contribution >= 0.6 is 15.9 Å². The second-order valence-corrected chi connectivity index (χ2v) is 4.80. The van der Waals surface area contributed by atoms with E-state index >= 15 is 0 Å². The fourth-order valence-electron chi connectivity index (χ4n) is 1.43. The lowest BCUT2D eigenvalue weighted by molar-refractivity contribution is 1.04. The first-order valence-corrected chi connectivity index (χ1v) is 6.49. The molecule has 0 aliphatic carbocycles. The van der Waals surface area contributed by atoms with E-state index in [4.69, 9.17) is 11.5 Å². The minimum atomic E-state index is 0.654. The van der Waals surface area contributed by atoms with E-state index in [0.717, 1.165) is 10.2 Å². The molecule has 0 saturated carbocycles. The molecule has 6 nitrogen and oxygen atoms in total. The molecule has 0 bridgehead atoms. The Morgan fingerprint density at radius 3 is 2.10 bits per heavy atom. The fraction of sp³-hybridized carbons (Fsp3) is 0. The number of rotatable bonds is 1. The van der Waals surface area contributed by atoms with E-state index in [0.29, 0.717) is 11.4 Å². The average Bonchev–Trinajstić information content (AvgIpc) is 2.93.